The summed E-state index contributed by atoms with van der Waals surface area (Å²) >= 11 is 0. The van der Waals surface area contributed by atoms with E-state index in [0.29, 0.717) is 5.91 Å². The lowest BCUT2D eigenvalue weighted by Gasteiger charge is -2.40. The number of nitrogens with zero attached hydrogens (tertiary/aromatic N) is 1. The highest BCUT2D eigenvalue weighted by Gasteiger charge is 2.38. The second kappa shape index (κ2) is 6.71. The number of carbonyl (C=O) groups excluding carboxylic acids is 1. The molecule has 110 valence electrons. The SMILES string of the molecule is CCNCC1CCN(C(=O)C2(C)CCCCN2)CC1. The Labute approximate surface area is 117 Å². The van der Waals surface area contributed by atoms with Crippen LogP contribution in [0, 0.1) is 5.92 Å². The molecule has 0 spiro atoms. The molecule has 2 fully saturated rings. The van der Waals surface area contributed by atoms with Gasteiger partial charge in [0, 0.05) is 13.1 Å². The minimum atomic E-state index is -0.299. The van der Waals surface area contributed by atoms with Gasteiger partial charge in [-0.25, -0.2) is 0 Å². The second-order valence-electron chi connectivity index (χ2n) is 6.26. The van der Waals surface area contributed by atoms with Crippen LogP contribution in [0.5, 0.6) is 0 Å². The third-order valence-corrected chi connectivity index (χ3v) is 4.68. The first kappa shape index (κ1) is 14.8. The second-order valence-corrected chi connectivity index (χ2v) is 6.26. The maximum Gasteiger partial charge on any atom is 0.242 e. The lowest BCUT2D eigenvalue weighted by molar-refractivity contribution is -0.140. The number of hydrogen-bond acceptors (Lipinski definition) is 3. The molecule has 0 aliphatic carbocycles. The molecule has 2 N–H and O–H groups in total. The molecular formula is C15H29N3O. The van der Waals surface area contributed by atoms with Crippen molar-refractivity contribution in [1.82, 2.24) is 15.5 Å². The quantitative estimate of drug-likeness (QED) is 0.808. The summed E-state index contributed by atoms with van der Waals surface area (Å²) in [4.78, 5) is 14.7. The molecule has 0 aromatic carbocycles. The topological polar surface area (TPSA) is 44.4 Å². The molecule has 2 aliphatic heterocycles. The zero-order chi connectivity index (χ0) is 13.7. The average molecular weight is 267 g/mol. The minimum absolute atomic E-state index is 0.299. The zero-order valence-electron chi connectivity index (χ0n) is 12.5. The van der Waals surface area contributed by atoms with Crippen molar-refractivity contribution in [2.75, 3.05) is 32.7 Å². The van der Waals surface area contributed by atoms with Gasteiger partial charge in [0.1, 0.15) is 0 Å². The van der Waals surface area contributed by atoms with E-state index in [1.54, 1.807) is 0 Å². The number of carbonyl (C=O) groups is 1. The number of likely N-dealkylation sites (tertiary alicyclic amines) is 1. The number of rotatable bonds is 4. The van der Waals surface area contributed by atoms with Gasteiger partial charge in [-0.15, -0.1) is 0 Å². The molecule has 2 rings (SSSR count). The van der Waals surface area contributed by atoms with E-state index in [2.05, 4.69) is 29.4 Å². The maximum atomic E-state index is 12.6. The van der Waals surface area contributed by atoms with Crippen LogP contribution in [0.4, 0.5) is 0 Å². The van der Waals surface area contributed by atoms with E-state index in [1.807, 2.05) is 0 Å². The summed E-state index contributed by atoms with van der Waals surface area (Å²) in [6.07, 6.45) is 5.66. The van der Waals surface area contributed by atoms with Crippen LogP contribution in [0.15, 0.2) is 0 Å². The average Bonchev–Trinajstić information content (AvgIpc) is 2.46. The molecular weight excluding hydrogens is 238 g/mol. The molecule has 1 unspecified atom stereocenters. The third kappa shape index (κ3) is 3.69. The molecule has 4 nitrogen and oxygen atoms in total. The first-order valence-corrected chi connectivity index (χ1v) is 7.91. The van der Waals surface area contributed by atoms with Crippen LogP contribution < -0.4 is 10.6 Å². The maximum absolute atomic E-state index is 12.6. The fourth-order valence-electron chi connectivity index (χ4n) is 3.28. The molecule has 0 saturated carbocycles. The summed E-state index contributed by atoms with van der Waals surface area (Å²) in [7, 11) is 0. The summed E-state index contributed by atoms with van der Waals surface area (Å²) in [5.41, 5.74) is -0.299. The van der Waals surface area contributed by atoms with Gasteiger partial charge in [-0.2, -0.15) is 0 Å². The van der Waals surface area contributed by atoms with E-state index >= 15 is 0 Å². The fraction of sp³-hybridized carbons (Fsp3) is 0.933. The highest BCUT2D eigenvalue weighted by Crippen LogP contribution is 2.24. The normalized spacial score (nSPS) is 29.5. The fourth-order valence-corrected chi connectivity index (χ4v) is 3.28. The van der Waals surface area contributed by atoms with E-state index in [9.17, 15) is 4.79 Å². The van der Waals surface area contributed by atoms with Crippen LogP contribution in [-0.2, 0) is 4.79 Å². The molecule has 19 heavy (non-hydrogen) atoms. The van der Waals surface area contributed by atoms with Gasteiger partial charge < -0.3 is 15.5 Å². The van der Waals surface area contributed by atoms with Crippen LogP contribution in [0.1, 0.15) is 46.0 Å². The van der Waals surface area contributed by atoms with Crippen LogP contribution in [0.2, 0.25) is 0 Å². The summed E-state index contributed by atoms with van der Waals surface area (Å²) in [6.45, 7) is 9.24. The van der Waals surface area contributed by atoms with Gasteiger partial charge in [0.05, 0.1) is 5.54 Å². The molecule has 0 bridgehead atoms. The molecule has 0 radical (unpaired) electrons. The lowest BCUT2D eigenvalue weighted by atomic mass is 9.88. The Kier molecular flexibility index (Phi) is 5.22. The van der Waals surface area contributed by atoms with Crippen molar-refractivity contribution in [2.45, 2.75) is 51.5 Å². The smallest absolute Gasteiger partial charge is 0.242 e. The summed E-state index contributed by atoms with van der Waals surface area (Å²) < 4.78 is 0. The molecule has 0 aromatic rings. The third-order valence-electron chi connectivity index (χ3n) is 4.68. The van der Waals surface area contributed by atoms with Crippen LogP contribution in [0.25, 0.3) is 0 Å². The van der Waals surface area contributed by atoms with E-state index in [-0.39, 0.29) is 5.54 Å². The Hall–Kier alpha value is -0.610. The van der Waals surface area contributed by atoms with E-state index in [0.717, 1.165) is 57.9 Å². The van der Waals surface area contributed by atoms with Crippen molar-refractivity contribution in [2.24, 2.45) is 5.92 Å². The van der Waals surface area contributed by atoms with Gasteiger partial charge in [-0.05, 0) is 64.6 Å². The molecule has 2 aliphatic rings. The first-order chi connectivity index (χ1) is 9.15. The predicted octanol–water partition coefficient (Wildman–Crippen LogP) is 1.37. The largest absolute Gasteiger partial charge is 0.341 e. The van der Waals surface area contributed by atoms with Crippen LogP contribution >= 0.6 is 0 Å². The van der Waals surface area contributed by atoms with Gasteiger partial charge in [-0.3, -0.25) is 4.79 Å². The van der Waals surface area contributed by atoms with Crippen molar-refractivity contribution in [1.29, 1.82) is 0 Å². The summed E-state index contributed by atoms with van der Waals surface area (Å²) in [5.74, 6) is 1.07. The number of amides is 1. The monoisotopic (exact) mass is 267 g/mol. The molecule has 2 saturated heterocycles. The van der Waals surface area contributed by atoms with Gasteiger partial charge in [-0.1, -0.05) is 6.92 Å². The molecule has 2 heterocycles. The molecule has 1 amide bonds. The number of piperidine rings is 2. The van der Waals surface area contributed by atoms with E-state index in [4.69, 9.17) is 0 Å². The van der Waals surface area contributed by atoms with Crippen LogP contribution in [-0.4, -0.2) is 49.1 Å². The Morgan fingerprint density at radius 3 is 2.68 bits per heavy atom. The highest BCUT2D eigenvalue weighted by molar-refractivity contribution is 5.86. The van der Waals surface area contributed by atoms with Crippen LogP contribution in [0.3, 0.4) is 0 Å². The Morgan fingerprint density at radius 1 is 1.37 bits per heavy atom. The van der Waals surface area contributed by atoms with Crippen molar-refractivity contribution in [3.63, 3.8) is 0 Å². The summed E-state index contributed by atoms with van der Waals surface area (Å²) in [5, 5.41) is 6.85. The highest BCUT2D eigenvalue weighted by atomic mass is 16.2. The zero-order valence-corrected chi connectivity index (χ0v) is 12.5. The van der Waals surface area contributed by atoms with E-state index in [1.165, 1.54) is 12.8 Å². The van der Waals surface area contributed by atoms with Crippen molar-refractivity contribution in [3.8, 4) is 0 Å². The molecule has 4 heteroatoms. The van der Waals surface area contributed by atoms with Gasteiger partial charge in [0.2, 0.25) is 5.91 Å². The number of nitrogens with one attached hydrogen (secondary N) is 2. The standard InChI is InChI=1S/C15H29N3O/c1-3-16-12-13-6-10-18(11-7-13)14(19)15(2)8-4-5-9-17-15/h13,16-17H,3-12H2,1-2H3. The van der Waals surface area contributed by atoms with Crippen molar-refractivity contribution in [3.05, 3.63) is 0 Å². The number of hydrogen-bond donors (Lipinski definition) is 2. The molecule has 0 aromatic heterocycles. The Morgan fingerprint density at radius 2 is 2.11 bits per heavy atom. The van der Waals surface area contributed by atoms with Crippen molar-refractivity contribution < 1.29 is 4.79 Å². The van der Waals surface area contributed by atoms with E-state index < -0.39 is 0 Å². The molecule has 1 atom stereocenters. The summed E-state index contributed by atoms with van der Waals surface area (Å²) in [6, 6.07) is 0. The Bertz CT molecular complexity index is 292. The first-order valence-electron chi connectivity index (χ1n) is 7.91. The Balaban J connectivity index is 1.81. The predicted molar refractivity (Wildman–Crippen MR) is 78.1 cm³/mol. The van der Waals surface area contributed by atoms with Gasteiger partial charge in [0.25, 0.3) is 0 Å². The van der Waals surface area contributed by atoms with Crippen molar-refractivity contribution >= 4 is 5.91 Å². The lowest BCUT2D eigenvalue weighted by Crippen LogP contribution is -2.59. The van der Waals surface area contributed by atoms with Gasteiger partial charge >= 0.3 is 0 Å². The minimum Gasteiger partial charge on any atom is -0.341 e. The van der Waals surface area contributed by atoms with Gasteiger partial charge in [0.15, 0.2) is 0 Å².